The van der Waals surface area contributed by atoms with Gasteiger partial charge in [-0.3, -0.25) is 4.79 Å². The van der Waals surface area contributed by atoms with E-state index in [1.54, 1.807) is 12.1 Å². The number of anilines is 1. The number of fused-ring (bicyclic) bond motifs is 3. The fraction of sp³-hybridized carbons (Fsp3) is 0.622. The zero-order chi connectivity index (χ0) is 37.2. The lowest BCUT2D eigenvalue weighted by Crippen LogP contribution is -2.55. The molecule has 0 aliphatic carbocycles. The number of hydrogen-bond donors (Lipinski definition) is 3. The summed E-state index contributed by atoms with van der Waals surface area (Å²) in [5.41, 5.74) is 0.512. The summed E-state index contributed by atoms with van der Waals surface area (Å²) in [4.78, 5) is 18.3. The number of aromatic nitrogens is 1. The van der Waals surface area contributed by atoms with E-state index in [4.69, 9.17) is 14.2 Å². The standard InChI is InChI=1S/C37H50F2N4O7S2/c1-22(2)18-43(52(46,47)28-8-9-29-32(17-28)51-36(42-29)41-23(3)4)19-30(44)25(12-24-13-26(38)16-27(39)14-24)15-33(45)50-31-20-48-35-34(31)37(21-49-35)10-6-5-7-11-40-37/h8-9,13-14,16-17,22-23,25,30-31,34-35,40,44H,5-7,10-12,15,18-21H2,1-4H3,(H,41,42)/t25-,30-,31+,34+,35+,37+/m1/s1. The maximum Gasteiger partial charge on any atom is 0.306 e. The van der Waals surface area contributed by atoms with E-state index in [1.165, 1.54) is 21.7 Å². The summed E-state index contributed by atoms with van der Waals surface area (Å²) in [5.74, 6) is -3.46. The van der Waals surface area contributed by atoms with Crippen molar-refractivity contribution in [3.63, 3.8) is 0 Å². The van der Waals surface area contributed by atoms with E-state index in [0.717, 1.165) is 50.4 Å². The molecule has 2 aromatic carbocycles. The van der Waals surface area contributed by atoms with Gasteiger partial charge < -0.3 is 30.0 Å². The van der Waals surface area contributed by atoms with Crippen molar-refractivity contribution in [1.82, 2.24) is 14.6 Å². The van der Waals surface area contributed by atoms with Crippen molar-refractivity contribution in [2.45, 2.75) is 101 Å². The number of ether oxygens (including phenoxy) is 3. The van der Waals surface area contributed by atoms with Crippen LogP contribution < -0.4 is 10.6 Å². The molecule has 0 saturated carbocycles. The van der Waals surface area contributed by atoms with Gasteiger partial charge in [-0.15, -0.1) is 0 Å². The number of aliphatic hydroxyl groups is 1. The van der Waals surface area contributed by atoms with Crippen molar-refractivity contribution >= 4 is 42.7 Å². The summed E-state index contributed by atoms with van der Waals surface area (Å²) in [5, 5.41) is 19.3. The first-order chi connectivity index (χ1) is 24.7. The monoisotopic (exact) mass is 764 g/mol. The Morgan fingerprint density at radius 2 is 1.88 bits per heavy atom. The molecule has 15 heteroatoms. The number of carbonyl (C=O) groups is 1. The fourth-order valence-electron chi connectivity index (χ4n) is 7.72. The van der Waals surface area contributed by atoms with E-state index in [-0.39, 0.29) is 66.4 Å². The van der Waals surface area contributed by atoms with Crippen LogP contribution in [-0.2, 0) is 35.4 Å². The summed E-state index contributed by atoms with van der Waals surface area (Å²) >= 11 is 1.35. The molecule has 52 heavy (non-hydrogen) atoms. The molecule has 3 N–H and O–H groups in total. The normalized spacial score (nSPS) is 24.8. The van der Waals surface area contributed by atoms with Crippen molar-refractivity contribution in [1.29, 1.82) is 0 Å². The van der Waals surface area contributed by atoms with E-state index in [1.807, 2.05) is 27.7 Å². The average molecular weight is 765 g/mol. The topological polar surface area (TPSA) is 139 Å². The van der Waals surface area contributed by atoms with Crippen LogP contribution in [0.5, 0.6) is 0 Å². The van der Waals surface area contributed by atoms with E-state index in [0.29, 0.717) is 22.0 Å². The molecule has 6 atom stereocenters. The number of nitrogens with one attached hydrogen (secondary N) is 2. The van der Waals surface area contributed by atoms with Gasteiger partial charge in [0.15, 0.2) is 11.4 Å². The van der Waals surface area contributed by atoms with E-state index in [9.17, 15) is 27.1 Å². The van der Waals surface area contributed by atoms with Crippen LogP contribution in [-0.4, -0.2) is 91.7 Å². The van der Waals surface area contributed by atoms with Gasteiger partial charge in [-0.05, 0) is 81.5 Å². The predicted octanol–water partition coefficient (Wildman–Crippen LogP) is 5.47. The van der Waals surface area contributed by atoms with Crippen molar-refractivity contribution in [3.05, 3.63) is 53.6 Å². The summed E-state index contributed by atoms with van der Waals surface area (Å²) in [7, 11) is -4.13. The molecule has 4 heterocycles. The third-order valence-electron chi connectivity index (χ3n) is 10.1. The van der Waals surface area contributed by atoms with Crippen LogP contribution in [0.1, 0.15) is 65.4 Å². The highest BCUT2D eigenvalue weighted by molar-refractivity contribution is 7.89. The zero-order valence-electron chi connectivity index (χ0n) is 30.1. The van der Waals surface area contributed by atoms with Crippen molar-refractivity contribution < 1.29 is 41.3 Å². The molecule has 0 bridgehead atoms. The highest BCUT2D eigenvalue weighted by Gasteiger charge is 2.58. The van der Waals surface area contributed by atoms with Gasteiger partial charge in [0.05, 0.1) is 52.3 Å². The third-order valence-corrected chi connectivity index (χ3v) is 12.9. The number of halogens is 2. The largest absolute Gasteiger partial charge is 0.459 e. The molecule has 6 rings (SSSR count). The molecule has 3 aliphatic rings. The number of thiazole rings is 1. The minimum absolute atomic E-state index is 0.0476. The van der Waals surface area contributed by atoms with Gasteiger partial charge >= 0.3 is 5.97 Å². The second-order valence-corrected chi connectivity index (χ2v) is 18.1. The lowest BCUT2D eigenvalue weighted by molar-refractivity contribution is -0.154. The van der Waals surface area contributed by atoms with Gasteiger partial charge in [-0.2, -0.15) is 4.31 Å². The van der Waals surface area contributed by atoms with Gasteiger partial charge in [0, 0.05) is 31.1 Å². The molecule has 11 nitrogen and oxygen atoms in total. The summed E-state index contributed by atoms with van der Waals surface area (Å²) in [6.07, 6.45) is 1.13. The van der Waals surface area contributed by atoms with Crippen LogP contribution in [0.15, 0.2) is 41.3 Å². The Morgan fingerprint density at radius 3 is 2.62 bits per heavy atom. The highest BCUT2D eigenvalue weighted by Crippen LogP contribution is 2.44. The lowest BCUT2D eigenvalue weighted by Gasteiger charge is -2.35. The van der Waals surface area contributed by atoms with Gasteiger partial charge in [0.2, 0.25) is 10.0 Å². The van der Waals surface area contributed by atoms with Gasteiger partial charge in [0.25, 0.3) is 0 Å². The minimum atomic E-state index is -4.13. The first-order valence-electron chi connectivity index (χ1n) is 18.2. The van der Waals surface area contributed by atoms with Crippen LogP contribution in [0.25, 0.3) is 10.2 Å². The molecule has 286 valence electrons. The van der Waals surface area contributed by atoms with E-state index >= 15 is 0 Å². The predicted molar refractivity (Wildman–Crippen MR) is 194 cm³/mol. The number of sulfonamides is 1. The Labute approximate surface area is 308 Å². The lowest BCUT2D eigenvalue weighted by atomic mass is 9.80. The summed E-state index contributed by atoms with van der Waals surface area (Å²) < 4.78 is 76.8. The SMILES string of the molecule is CC(C)CN(C[C@@H](O)[C@@H](CC(=O)O[C@H]1CO[C@H]2OC[C@@]3(CCCCCN3)[C@H]21)Cc1cc(F)cc(F)c1)S(=O)(=O)c1ccc2nc(NC(C)C)sc2c1. The van der Waals surface area contributed by atoms with Gasteiger partial charge in [-0.25, -0.2) is 22.2 Å². The summed E-state index contributed by atoms with van der Waals surface area (Å²) in [6, 6.07) is 7.94. The Kier molecular flexibility index (Phi) is 12.2. The van der Waals surface area contributed by atoms with Crippen LogP contribution in [0, 0.1) is 29.4 Å². The van der Waals surface area contributed by atoms with Crippen LogP contribution in [0.3, 0.4) is 0 Å². The first-order valence-corrected chi connectivity index (χ1v) is 20.5. The first kappa shape index (κ1) is 38.9. The summed E-state index contributed by atoms with van der Waals surface area (Å²) in [6.45, 7) is 8.89. The van der Waals surface area contributed by atoms with Crippen molar-refractivity contribution in [2.75, 3.05) is 38.2 Å². The molecular weight excluding hydrogens is 715 g/mol. The smallest absolute Gasteiger partial charge is 0.306 e. The minimum Gasteiger partial charge on any atom is -0.459 e. The highest BCUT2D eigenvalue weighted by atomic mass is 32.2. The number of esters is 1. The zero-order valence-corrected chi connectivity index (χ0v) is 31.8. The Bertz CT molecular complexity index is 1800. The van der Waals surface area contributed by atoms with Crippen LogP contribution in [0.4, 0.5) is 13.9 Å². The second kappa shape index (κ2) is 16.3. The van der Waals surface area contributed by atoms with E-state index < -0.39 is 52.0 Å². The van der Waals surface area contributed by atoms with Crippen molar-refractivity contribution in [2.24, 2.45) is 17.8 Å². The Hall–Kier alpha value is -2.79. The molecule has 3 saturated heterocycles. The van der Waals surface area contributed by atoms with Crippen LogP contribution >= 0.6 is 11.3 Å². The molecule has 3 fully saturated rings. The number of hydrogen-bond acceptors (Lipinski definition) is 11. The molecule has 0 unspecified atom stereocenters. The molecule has 1 spiro atoms. The number of aliphatic hydroxyl groups excluding tert-OH is 1. The third kappa shape index (κ3) is 8.94. The van der Waals surface area contributed by atoms with Gasteiger partial charge in [-0.1, -0.05) is 38.0 Å². The molecular formula is C37H50F2N4O7S2. The molecule has 0 radical (unpaired) electrons. The van der Waals surface area contributed by atoms with Gasteiger partial charge in [0.1, 0.15) is 17.7 Å². The molecule has 3 aliphatic heterocycles. The molecule has 0 amide bonds. The van der Waals surface area contributed by atoms with Crippen LogP contribution in [0.2, 0.25) is 0 Å². The average Bonchev–Trinajstić information content (AvgIpc) is 3.69. The Morgan fingerprint density at radius 1 is 1.12 bits per heavy atom. The second-order valence-electron chi connectivity index (χ2n) is 15.1. The fourth-order valence-corrected chi connectivity index (χ4v) is 10.5. The number of rotatable bonds is 14. The maximum atomic E-state index is 14.3. The quantitative estimate of drug-likeness (QED) is 0.181. The van der Waals surface area contributed by atoms with E-state index in [2.05, 4.69) is 15.6 Å². The number of benzene rings is 2. The molecule has 3 aromatic rings. The maximum absolute atomic E-state index is 14.3. The molecule has 1 aromatic heterocycles. The van der Waals surface area contributed by atoms with Crippen molar-refractivity contribution in [3.8, 4) is 0 Å². The number of nitrogens with zero attached hydrogens (tertiary/aromatic N) is 2. The number of carbonyl (C=O) groups excluding carboxylic acids is 1. The Balaban J connectivity index is 1.23.